The molecular formula is C29H33Cl2N3O5. The molecule has 2 aromatic rings. The van der Waals surface area contributed by atoms with E-state index in [-0.39, 0.29) is 36.9 Å². The van der Waals surface area contributed by atoms with Crippen molar-refractivity contribution in [1.29, 1.82) is 0 Å². The van der Waals surface area contributed by atoms with Crippen molar-refractivity contribution in [3.63, 3.8) is 0 Å². The number of carbonyl (C=O) groups is 3. The van der Waals surface area contributed by atoms with Crippen LogP contribution in [0.3, 0.4) is 0 Å². The summed E-state index contributed by atoms with van der Waals surface area (Å²) in [4.78, 5) is 44.5. The number of carbonyl (C=O) groups excluding carboxylic acids is 2. The number of rotatable bonds is 10. The van der Waals surface area contributed by atoms with Crippen LogP contribution in [0, 0.1) is 0 Å². The molecular weight excluding hydrogens is 541 g/mol. The Morgan fingerprint density at radius 2 is 1.87 bits per heavy atom. The second-order valence-corrected chi connectivity index (χ2v) is 10.8. The maximum Gasteiger partial charge on any atom is 0.305 e. The van der Waals surface area contributed by atoms with Crippen LogP contribution in [-0.2, 0) is 14.3 Å². The SMILES string of the molecule is CCCC(c1ccc(C(=O)NCCC(=O)O)cc1)N1C(=O)C(c2cc(Cl)cc(Cl)c2)=NC12CCCCC2OC. The number of hydrogen-bond acceptors (Lipinski definition) is 5. The minimum atomic E-state index is -0.976. The van der Waals surface area contributed by atoms with Gasteiger partial charge in [0.15, 0.2) is 5.66 Å². The van der Waals surface area contributed by atoms with Gasteiger partial charge in [0, 0.05) is 34.8 Å². The first-order chi connectivity index (χ1) is 18.7. The highest BCUT2D eigenvalue weighted by Gasteiger charge is 2.55. The number of nitrogens with zero attached hydrogens (tertiary/aromatic N) is 2. The summed E-state index contributed by atoms with van der Waals surface area (Å²) in [5.41, 5.74) is 1.32. The van der Waals surface area contributed by atoms with E-state index in [0.717, 1.165) is 31.2 Å². The summed E-state index contributed by atoms with van der Waals surface area (Å²) in [6.07, 6.45) is 4.42. The molecule has 10 heteroatoms. The molecule has 2 amide bonds. The monoisotopic (exact) mass is 573 g/mol. The zero-order valence-corrected chi connectivity index (χ0v) is 23.6. The molecule has 1 fully saturated rings. The first-order valence-corrected chi connectivity index (χ1v) is 14.0. The van der Waals surface area contributed by atoms with Crippen LogP contribution in [0.25, 0.3) is 0 Å². The number of hydrogen-bond donors (Lipinski definition) is 2. The highest BCUT2D eigenvalue weighted by molar-refractivity contribution is 6.48. The van der Waals surface area contributed by atoms with Crippen LogP contribution in [0.2, 0.25) is 10.0 Å². The summed E-state index contributed by atoms with van der Waals surface area (Å²) in [6.45, 7) is 2.11. The molecule has 208 valence electrons. The minimum Gasteiger partial charge on any atom is -0.481 e. The maximum absolute atomic E-state index is 14.2. The molecule has 1 aliphatic heterocycles. The highest BCUT2D eigenvalue weighted by atomic mass is 35.5. The number of carboxylic acid groups (broad SMARTS) is 1. The fourth-order valence-electron chi connectivity index (χ4n) is 5.65. The van der Waals surface area contributed by atoms with Gasteiger partial charge in [-0.3, -0.25) is 14.4 Å². The predicted octanol–water partition coefficient (Wildman–Crippen LogP) is 5.66. The van der Waals surface area contributed by atoms with Gasteiger partial charge in [0.05, 0.1) is 12.5 Å². The van der Waals surface area contributed by atoms with Crippen molar-refractivity contribution in [1.82, 2.24) is 10.2 Å². The molecule has 1 heterocycles. The lowest BCUT2D eigenvalue weighted by Gasteiger charge is -2.47. The fourth-order valence-corrected chi connectivity index (χ4v) is 6.18. The summed E-state index contributed by atoms with van der Waals surface area (Å²) in [5.74, 6) is -1.53. The van der Waals surface area contributed by atoms with Crippen molar-refractivity contribution in [2.75, 3.05) is 13.7 Å². The molecule has 1 spiro atoms. The summed E-state index contributed by atoms with van der Waals surface area (Å²) in [6, 6.07) is 11.8. The Morgan fingerprint density at radius 1 is 1.18 bits per heavy atom. The van der Waals surface area contributed by atoms with Crippen molar-refractivity contribution in [2.24, 2.45) is 4.99 Å². The Kier molecular flexibility index (Phi) is 9.31. The van der Waals surface area contributed by atoms with Crippen LogP contribution in [0.1, 0.15) is 79.4 Å². The first-order valence-electron chi connectivity index (χ1n) is 13.2. The molecule has 1 aliphatic carbocycles. The van der Waals surface area contributed by atoms with Crippen LogP contribution in [0.15, 0.2) is 47.5 Å². The van der Waals surface area contributed by atoms with Crippen molar-refractivity contribution in [3.8, 4) is 0 Å². The Hall–Kier alpha value is -2.94. The van der Waals surface area contributed by atoms with E-state index in [2.05, 4.69) is 12.2 Å². The lowest BCUT2D eigenvalue weighted by atomic mass is 9.83. The summed E-state index contributed by atoms with van der Waals surface area (Å²) in [7, 11) is 1.66. The van der Waals surface area contributed by atoms with Crippen molar-refractivity contribution in [3.05, 3.63) is 69.2 Å². The zero-order chi connectivity index (χ0) is 28.2. The lowest BCUT2D eigenvalue weighted by molar-refractivity contribution is -0.143. The Balaban J connectivity index is 1.72. The maximum atomic E-state index is 14.2. The number of methoxy groups -OCH3 is 1. The molecule has 3 atom stereocenters. The van der Waals surface area contributed by atoms with Crippen molar-refractivity contribution >= 4 is 46.7 Å². The van der Waals surface area contributed by atoms with Crippen LogP contribution < -0.4 is 5.32 Å². The molecule has 0 radical (unpaired) electrons. The van der Waals surface area contributed by atoms with E-state index in [1.165, 1.54) is 0 Å². The molecule has 1 saturated carbocycles. The van der Waals surface area contributed by atoms with Gasteiger partial charge in [-0.2, -0.15) is 0 Å². The Morgan fingerprint density at radius 3 is 2.49 bits per heavy atom. The smallest absolute Gasteiger partial charge is 0.305 e. The standard InChI is InChI=1S/C29H33Cl2N3O5/c1-3-6-23(18-8-10-19(11-9-18)27(37)32-14-12-25(35)36)34-28(38)26(20-15-21(30)17-22(31)16-20)33-29(34)13-5-4-7-24(29)39-2/h8-11,15-17,23-24H,3-7,12-14H2,1-2H3,(H,32,37)(H,35,36). The fraction of sp³-hybridized carbons (Fsp3) is 0.448. The molecule has 39 heavy (non-hydrogen) atoms. The summed E-state index contributed by atoms with van der Waals surface area (Å²) >= 11 is 12.6. The number of aliphatic imine (C=N–C) groups is 1. The van der Waals surface area contributed by atoms with E-state index in [1.807, 2.05) is 17.0 Å². The van der Waals surface area contributed by atoms with Gasteiger partial charge in [-0.1, -0.05) is 55.1 Å². The highest BCUT2D eigenvalue weighted by Crippen LogP contribution is 2.46. The van der Waals surface area contributed by atoms with E-state index in [0.29, 0.717) is 39.7 Å². The Bertz CT molecular complexity index is 1250. The van der Waals surface area contributed by atoms with Gasteiger partial charge < -0.3 is 20.1 Å². The molecule has 2 N–H and O–H groups in total. The number of nitrogens with one attached hydrogen (secondary N) is 1. The summed E-state index contributed by atoms with van der Waals surface area (Å²) in [5, 5.41) is 12.3. The molecule has 0 aromatic heterocycles. The topological polar surface area (TPSA) is 108 Å². The van der Waals surface area contributed by atoms with Crippen LogP contribution in [0.5, 0.6) is 0 Å². The predicted molar refractivity (Wildman–Crippen MR) is 151 cm³/mol. The average Bonchev–Trinajstić information content (AvgIpc) is 3.18. The Labute approximate surface area is 238 Å². The number of aliphatic carboxylic acids is 1. The number of carboxylic acids is 1. The molecule has 2 aromatic carbocycles. The zero-order valence-electron chi connectivity index (χ0n) is 22.1. The number of ether oxygens (including phenoxy) is 1. The van der Waals surface area contributed by atoms with Crippen molar-refractivity contribution in [2.45, 2.75) is 69.7 Å². The van der Waals surface area contributed by atoms with Gasteiger partial charge in [0.25, 0.3) is 11.8 Å². The van der Waals surface area contributed by atoms with Crippen LogP contribution in [-0.4, -0.2) is 58.9 Å². The molecule has 8 nitrogen and oxygen atoms in total. The van der Waals surface area contributed by atoms with E-state index in [1.54, 1.807) is 37.4 Å². The molecule has 0 bridgehead atoms. The second kappa shape index (κ2) is 12.5. The van der Waals surface area contributed by atoms with Gasteiger partial charge in [-0.15, -0.1) is 0 Å². The molecule has 0 saturated heterocycles. The van der Waals surface area contributed by atoms with E-state index in [9.17, 15) is 14.4 Å². The normalized spacial score (nSPS) is 21.6. The lowest BCUT2D eigenvalue weighted by Crippen LogP contribution is -2.57. The van der Waals surface area contributed by atoms with E-state index >= 15 is 0 Å². The number of amides is 2. The van der Waals surface area contributed by atoms with Gasteiger partial charge in [0.1, 0.15) is 11.8 Å². The van der Waals surface area contributed by atoms with Crippen molar-refractivity contribution < 1.29 is 24.2 Å². The quantitative estimate of drug-likeness (QED) is 0.381. The van der Waals surface area contributed by atoms with E-state index in [4.69, 9.17) is 38.0 Å². The largest absolute Gasteiger partial charge is 0.481 e. The van der Waals surface area contributed by atoms with Gasteiger partial charge in [0.2, 0.25) is 0 Å². The molecule has 2 aliphatic rings. The minimum absolute atomic E-state index is 0.0468. The van der Waals surface area contributed by atoms with Gasteiger partial charge in [-0.25, -0.2) is 4.99 Å². The van der Waals surface area contributed by atoms with Gasteiger partial charge in [-0.05, 0) is 61.6 Å². The van der Waals surface area contributed by atoms with E-state index < -0.39 is 11.6 Å². The number of halogens is 2. The summed E-state index contributed by atoms with van der Waals surface area (Å²) < 4.78 is 5.96. The third-order valence-electron chi connectivity index (χ3n) is 7.40. The third kappa shape index (κ3) is 6.13. The molecule has 4 rings (SSSR count). The average molecular weight is 575 g/mol. The second-order valence-electron chi connectivity index (χ2n) is 9.97. The van der Waals surface area contributed by atoms with Crippen LogP contribution in [0.4, 0.5) is 0 Å². The van der Waals surface area contributed by atoms with Gasteiger partial charge >= 0.3 is 5.97 Å². The molecule has 3 unspecified atom stereocenters. The third-order valence-corrected chi connectivity index (χ3v) is 7.83. The number of benzene rings is 2. The first kappa shape index (κ1) is 29.1. The van der Waals surface area contributed by atoms with Crippen LogP contribution >= 0.6 is 23.2 Å².